The van der Waals surface area contributed by atoms with Crippen LogP contribution in [0.3, 0.4) is 0 Å². The number of amides is 1. The molecule has 1 unspecified atom stereocenters. The van der Waals surface area contributed by atoms with Gasteiger partial charge >= 0.3 is 5.97 Å². The van der Waals surface area contributed by atoms with Crippen LogP contribution in [0.4, 0.5) is 0 Å². The molecule has 0 saturated heterocycles. The second kappa shape index (κ2) is 9.09. The fourth-order valence-electron chi connectivity index (χ4n) is 4.15. The van der Waals surface area contributed by atoms with Gasteiger partial charge in [-0.15, -0.1) is 0 Å². The lowest BCUT2D eigenvalue weighted by atomic mass is 10.1. The third-order valence-corrected chi connectivity index (χ3v) is 6.04. The average molecular weight is 473 g/mol. The Morgan fingerprint density at radius 3 is 2.74 bits per heavy atom. The molecular weight excluding hydrogens is 448 g/mol. The number of furan rings is 2. The molecule has 0 bridgehead atoms. The molecule has 0 saturated carbocycles. The van der Waals surface area contributed by atoms with Crippen molar-refractivity contribution in [2.24, 2.45) is 12.1 Å². The lowest BCUT2D eigenvalue weighted by Gasteiger charge is -2.19. The average Bonchev–Trinajstić information content (AvgIpc) is 3.63. The Labute approximate surface area is 201 Å². The molecule has 1 atom stereocenters. The van der Waals surface area contributed by atoms with Gasteiger partial charge in [0.1, 0.15) is 23.1 Å². The van der Waals surface area contributed by atoms with Gasteiger partial charge in [0.25, 0.3) is 5.91 Å². The van der Waals surface area contributed by atoms with Crippen molar-refractivity contribution < 1.29 is 23.2 Å². The predicted octanol–water partition coefficient (Wildman–Crippen LogP) is 4.31. The molecule has 4 aromatic rings. The highest BCUT2D eigenvalue weighted by Crippen LogP contribution is 2.34. The molecule has 1 aliphatic rings. The summed E-state index contributed by atoms with van der Waals surface area (Å²) in [5.41, 5.74) is 3.92. The molecule has 1 aliphatic heterocycles. The monoisotopic (exact) mass is 472 g/mol. The highest BCUT2D eigenvalue weighted by molar-refractivity contribution is 6.03. The number of para-hydroxylation sites is 1. The summed E-state index contributed by atoms with van der Waals surface area (Å²) in [5.74, 6) is 0.0754. The van der Waals surface area contributed by atoms with Crippen molar-refractivity contribution in [1.82, 2.24) is 14.8 Å². The molecule has 1 aromatic carbocycles. The maximum Gasteiger partial charge on any atom is 0.331 e. The van der Waals surface area contributed by atoms with Crippen LogP contribution in [0.1, 0.15) is 40.9 Å². The molecule has 0 fully saturated rings. The van der Waals surface area contributed by atoms with Gasteiger partial charge in [0.15, 0.2) is 12.4 Å². The van der Waals surface area contributed by atoms with Crippen molar-refractivity contribution in [3.63, 3.8) is 0 Å². The minimum atomic E-state index is -0.628. The van der Waals surface area contributed by atoms with Gasteiger partial charge in [-0.05, 0) is 44.2 Å². The van der Waals surface area contributed by atoms with E-state index in [4.69, 9.17) is 13.6 Å². The highest BCUT2D eigenvalue weighted by Gasteiger charge is 2.36. The van der Waals surface area contributed by atoms with E-state index >= 15 is 0 Å². The second-order valence-corrected chi connectivity index (χ2v) is 8.32. The largest absolute Gasteiger partial charge is 0.467 e. The molecular formula is C26H24N4O5. The summed E-state index contributed by atoms with van der Waals surface area (Å²) in [6.45, 7) is 3.32. The minimum Gasteiger partial charge on any atom is -0.467 e. The number of aromatic nitrogens is 2. The fraction of sp³-hybridized carbons (Fsp3) is 0.231. The third kappa shape index (κ3) is 4.40. The number of benzene rings is 1. The van der Waals surface area contributed by atoms with Crippen LogP contribution >= 0.6 is 0 Å². The zero-order chi connectivity index (χ0) is 24.5. The Kier molecular flexibility index (Phi) is 5.82. The molecule has 0 radical (unpaired) electrons. The van der Waals surface area contributed by atoms with Gasteiger partial charge in [0.2, 0.25) is 0 Å². The molecule has 5 rings (SSSR count). The van der Waals surface area contributed by atoms with Crippen LogP contribution in [0.5, 0.6) is 0 Å². The van der Waals surface area contributed by atoms with E-state index < -0.39 is 24.5 Å². The predicted molar refractivity (Wildman–Crippen MR) is 128 cm³/mol. The summed E-state index contributed by atoms with van der Waals surface area (Å²) in [6, 6.07) is 12.6. The van der Waals surface area contributed by atoms with Crippen molar-refractivity contribution in [3.05, 3.63) is 83.3 Å². The fourth-order valence-corrected chi connectivity index (χ4v) is 4.15. The minimum absolute atomic E-state index is 0.409. The smallest absolute Gasteiger partial charge is 0.331 e. The normalized spacial score (nSPS) is 15.8. The van der Waals surface area contributed by atoms with E-state index in [1.54, 1.807) is 29.2 Å². The number of esters is 1. The first-order chi connectivity index (χ1) is 16.9. The molecule has 9 nitrogen and oxygen atoms in total. The van der Waals surface area contributed by atoms with Crippen LogP contribution in [0.15, 0.2) is 68.7 Å². The van der Waals surface area contributed by atoms with Crippen LogP contribution in [0.2, 0.25) is 0 Å². The van der Waals surface area contributed by atoms with Crippen molar-refractivity contribution >= 4 is 34.6 Å². The third-order valence-electron chi connectivity index (χ3n) is 6.04. The maximum absolute atomic E-state index is 13.0. The topological polar surface area (TPSA) is 103 Å². The van der Waals surface area contributed by atoms with E-state index in [0.29, 0.717) is 23.7 Å². The van der Waals surface area contributed by atoms with Crippen molar-refractivity contribution in [2.45, 2.75) is 26.3 Å². The van der Waals surface area contributed by atoms with Crippen LogP contribution in [-0.4, -0.2) is 39.0 Å². The SMILES string of the molecule is Cc1nn(C)c(C)c1/C=C/C(=O)OCC(=O)N1N=C(c2cc3ccccc3o2)CC1c1ccco1. The number of nitrogens with zero attached hydrogens (tertiary/aromatic N) is 4. The Morgan fingerprint density at radius 2 is 2.03 bits per heavy atom. The highest BCUT2D eigenvalue weighted by atomic mass is 16.5. The van der Waals surface area contributed by atoms with Crippen molar-refractivity contribution in [1.29, 1.82) is 0 Å². The summed E-state index contributed by atoms with van der Waals surface area (Å²) >= 11 is 0. The van der Waals surface area contributed by atoms with Gasteiger partial charge in [0.05, 0.1) is 12.0 Å². The molecule has 3 aromatic heterocycles. The number of hydrazone groups is 1. The zero-order valence-corrected chi connectivity index (χ0v) is 19.6. The zero-order valence-electron chi connectivity index (χ0n) is 19.6. The van der Waals surface area contributed by atoms with Gasteiger partial charge in [-0.25, -0.2) is 9.80 Å². The summed E-state index contributed by atoms with van der Waals surface area (Å²) in [7, 11) is 1.84. The van der Waals surface area contributed by atoms with Gasteiger partial charge in [-0.2, -0.15) is 10.2 Å². The Bertz CT molecular complexity index is 1430. The molecule has 0 spiro atoms. The van der Waals surface area contributed by atoms with Crippen molar-refractivity contribution in [3.8, 4) is 0 Å². The summed E-state index contributed by atoms with van der Waals surface area (Å²) in [4.78, 5) is 25.3. The number of aryl methyl sites for hydroxylation is 2. The molecule has 9 heteroatoms. The molecule has 1 amide bonds. The number of ether oxygens (including phenoxy) is 1. The van der Waals surface area contributed by atoms with E-state index in [0.717, 1.165) is 27.9 Å². The van der Waals surface area contributed by atoms with Gasteiger partial charge in [0, 0.05) is 36.2 Å². The van der Waals surface area contributed by atoms with E-state index in [1.165, 1.54) is 11.1 Å². The summed E-state index contributed by atoms with van der Waals surface area (Å²) in [5, 5.41) is 11.1. The summed E-state index contributed by atoms with van der Waals surface area (Å²) in [6.07, 6.45) is 4.89. The van der Waals surface area contributed by atoms with Crippen LogP contribution in [0.25, 0.3) is 17.0 Å². The lowest BCUT2D eigenvalue weighted by Crippen LogP contribution is -2.31. The van der Waals surface area contributed by atoms with E-state index in [-0.39, 0.29) is 0 Å². The van der Waals surface area contributed by atoms with Gasteiger partial charge in [-0.1, -0.05) is 18.2 Å². The lowest BCUT2D eigenvalue weighted by molar-refractivity contribution is -0.149. The van der Waals surface area contributed by atoms with E-state index in [1.807, 2.05) is 51.2 Å². The molecule has 0 N–H and O–H groups in total. The van der Waals surface area contributed by atoms with Crippen LogP contribution in [-0.2, 0) is 21.4 Å². The number of hydrogen-bond acceptors (Lipinski definition) is 7. The summed E-state index contributed by atoms with van der Waals surface area (Å²) < 4.78 is 18.4. The van der Waals surface area contributed by atoms with Gasteiger partial charge in [-0.3, -0.25) is 9.48 Å². The number of rotatable bonds is 6. The Morgan fingerprint density at radius 1 is 1.20 bits per heavy atom. The number of carbonyl (C=O) groups is 2. The van der Waals surface area contributed by atoms with E-state index in [9.17, 15) is 9.59 Å². The molecule has 35 heavy (non-hydrogen) atoms. The van der Waals surface area contributed by atoms with Crippen LogP contribution < -0.4 is 0 Å². The molecule has 0 aliphatic carbocycles. The number of hydrogen-bond donors (Lipinski definition) is 0. The standard InChI is InChI=1S/C26H24N4O5/c1-16-19(17(2)29(3)27-16)10-11-26(32)34-15-25(31)30-21(23-9-6-12-33-23)14-20(28-30)24-13-18-7-4-5-8-22(18)35-24/h4-13,21H,14-15H2,1-3H3/b11-10+. The first kappa shape index (κ1) is 22.4. The molecule has 4 heterocycles. The van der Waals surface area contributed by atoms with Crippen molar-refractivity contribution in [2.75, 3.05) is 6.61 Å². The molecule has 178 valence electrons. The quantitative estimate of drug-likeness (QED) is 0.306. The first-order valence-electron chi connectivity index (χ1n) is 11.2. The first-order valence-corrected chi connectivity index (χ1v) is 11.2. The number of carbonyl (C=O) groups excluding carboxylic acids is 2. The Hall–Kier alpha value is -4.40. The Balaban J connectivity index is 1.31. The number of fused-ring (bicyclic) bond motifs is 1. The van der Waals surface area contributed by atoms with E-state index in [2.05, 4.69) is 10.2 Å². The van der Waals surface area contributed by atoms with Crippen LogP contribution in [0, 0.1) is 13.8 Å². The second-order valence-electron chi connectivity index (χ2n) is 8.32. The maximum atomic E-state index is 13.0. The van der Waals surface area contributed by atoms with Gasteiger partial charge < -0.3 is 13.6 Å².